The Labute approximate surface area is 115 Å². The Morgan fingerprint density at radius 1 is 1.35 bits per heavy atom. The molecule has 0 unspecified atom stereocenters. The average molecular weight is 277 g/mol. The van der Waals surface area contributed by atoms with Gasteiger partial charge in [0.25, 0.3) is 5.91 Å². The fourth-order valence-electron chi connectivity index (χ4n) is 1.63. The summed E-state index contributed by atoms with van der Waals surface area (Å²) in [4.78, 5) is 22.5. The van der Waals surface area contributed by atoms with Gasteiger partial charge in [-0.25, -0.2) is 0 Å². The van der Waals surface area contributed by atoms with Gasteiger partial charge in [0.2, 0.25) is 0 Å². The van der Waals surface area contributed by atoms with Crippen molar-refractivity contribution >= 4 is 17.6 Å². The molecule has 0 atom stereocenters. The predicted molar refractivity (Wildman–Crippen MR) is 70.4 cm³/mol. The van der Waals surface area contributed by atoms with E-state index >= 15 is 0 Å². The van der Waals surface area contributed by atoms with E-state index in [2.05, 4.69) is 15.5 Å². The van der Waals surface area contributed by atoms with Crippen molar-refractivity contribution in [3.63, 3.8) is 0 Å². The first kappa shape index (κ1) is 13.8. The standard InChI is InChI=1S/C12H15N5O3/c1-8-10(6-13-16(8)2)15-12(20)9-5-14-17(7-9)4-3-11(18)19/h5-7H,3-4H2,1-2H3,(H,15,20)(H,18,19). The van der Waals surface area contributed by atoms with E-state index in [1.165, 1.54) is 17.1 Å². The Balaban J connectivity index is 2.02. The molecule has 0 radical (unpaired) electrons. The number of carbonyl (C=O) groups excluding carboxylic acids is 1. The fourth-order valence-corrected chi connectivity index (χ4v) is 1.63. The molecule has 2 aromatic heterocycles. The molecule has 2 rings (SSSR count). The third-order valence-corrected chi connectivity index (χ3v) is 2.93. The number of nitrogens with zero attached hydrogens (tertiary/aromatic N) is 4. The van der Waals surface area contributed by atoms with Crippen LogP contribution >= 0.6 is 0 Å². The number of anilines is 1. The molecule has 0 bridgehead atoms. The normalized spacial score (nSPS) is 10.5. The molecule has 20 heavy (non-hydrogen) atoms. The van der Waals surface area contributed by atoms with Crippen molar-refractivity contribution in [3.8, 4) is 0 Å². The number of aliphatic carboxylic acids is 1. The van der Waals surface area contributed by atoms with Crippen molar-refractivity contribution in [1.29, 1.82) is 0 Å². The zero-order valence-electron chi connectivity index (χ0n) is 11.2. The van der Waals surface area contributed by atoms with Crippen LogP contribution in [0.2, 0.25) is 0 Å². The van der Waals surface area contributed by atoms with Crippen LogP contribution in [0.1, 0.15) is 22.5 Å². The minimum Gasteiger partial charge on any atom is -0.481 e. The van der Waals surface area contributed by atoms with Gasteiger partial charge in [0.15, 0.2) is 0 Å². The second kappa shape index (κ2) is 5.55. The smallest absolute Gasteiger partial charge is 0.305 e. The maximum Gasteiger partial charge on any atom is 0.305 e. The first-order chi connectivity index (χ1) is 9.47. The number of hydrogen-bond acceptors (Lipinski definition) is 4. The molecule has 0 fully saturated rings. The van der Waals surface area contributed by atoms with Crippen LogP contribution in [0.3, 0.4) is 0 Å². The molecule has 0 aliphatic heterocycles. The third kappa shape index (κ3) is 3.02. The summed E-state index contributed by atoms with van der Waals surface area (Å²) < 4.78 is 3.09. The van der Waals surface area contributed by atoms with Crippen molar-refractivity contribution in [1.82, 2.24) is 19.6 Å². The second-order valence-electron chi connectivity index (χ2n) is 4.36. The number of hydrogen-bond donors (Lipinski definition) is 2. The highest BCUT2D eigenvalue weighted by Crippen LogP contribution is 2.13. The molecule has 2 N–H and O–H groups in total. The molecule has 0 aliphatic carbocycles. The van der Waals surface area contributed by atoms with E-state index in [1.54, 1.807) is 17.9 Å². The highest BCUT2D eigenvalue weighted by atomic mass is 16.4. The van der Waals surface area contributed by atoms with Crippen molar-refractivity contribution < 1.29 is 14.7 Å². The molecule has 0 spiro atoms. The summed E-state index contributed by atoms with van der Waals surface area (Å²) >= 11 is 0. The van der Waals surface area contributed by atoms with Gasteiger partial charge in [-0.2, -0.15) is 10.2 Å². The SMILES string of the molecule is Cc1c(NC(=O)c2cnn(CCC(=O)O)c2)cnn1C. The molecule has 2 aromatic rings. The largest absolute Gasteiger partial charge is 0.481 e. The topological polar surface area (TPSA) is 102 Å². The number of aromatic nitrogens is 4. The van der Waals surface area contributed by atoms with Gasteiger partial charge < -0.3 is 10.4 Å². The van der Waals surface area contributed by atoms with Crippen LogP contribution in [0.15, 0.2) is 18.6 Å². The van der Waals surface area contributed by atoms with Gasteiger partial charge in [0, 0.05) is 13.2 Å². The summed E-state index contributed by atoms with van der Waals surface area (Å²) in [6.07, 6.45) is 4.46. The van der Waals surface area contributed by atoms with E-state index in [-0.39, 0.29) is 18.9 Å². The van der Waals surface area contributed by atoms with Gasteiger partial charge >= 0.3 is 5.97 Å². The lowest BCUT2D eigenvalue weighted by Gasteiger charge is -2.02. The van der Waals surface area contributed by atoms with E-state index < -0.39 is 5.97 Å². The van der Waals surface area contributed by atoms with E-state index in [1.807, 2.05) is 6.92 Å². The Kier molecular flexibility index (Phi) is 3.83. The number of aryl methyl sites for hydroxylation is 2. The van der Waals surface area contributed by atoms with E-state index in [4.69, 9.17) is 5.11 Å². The highest BCUT2D eigenvalue weighted by molar-refractivity contribution is 6.04. The van der Waals surface area contributed by atoms with E-state index in [0.29, 0.717) is 11.3 Å². The minimum atomic E-state index is -0.905. The number of carboxylic acids is 1. The Morgan fingerprint density at radius 3 is 2.70 bits per heavy atom. The maximum atomic E-state index is 12.0. The van der Waals surface area contributed by atoms with Crippen LogP contribution in [0.25, 0.3) is 0 Å². The first-order valence-corrected chi connectivity index (χ1v) is 6.01. The molecule has 0 aliphatic rings. The summed E-state index contributed by atoms with van der Waals surface area (Å²) in [7, 11) is 1.79. The minimum absolute atomic E-state index is 0.0372. The van der Waals surface area contributed by atoms with Gasteiger partial charge in [-0.05, 0) is 6.92 Å². The second-order valence-corrected chi connectivity index (χ2v) is 4.36. The van der Waals surface area contributed by atoms with Crippen molar-refractivity contribution in [2.24, 2.45) is 7.05 Å². The van der Waals surface area contributed by atoms with Crippen molar-refractivity contribution in [3.05, 3.63) is 29.8 Å². The Hall–Kier alpha value is -2.64. The molecule has 0 saturated heterocycles. The van der Waals surface area contributed by atoms with Crippen molar-refractivity contribution in [2.45, 2.75) is 19.9 Å². The molecule has 106 valence electrons. The van der Waals surface area contributed by atoms with Crippen LogP contribution in [0.4, 0.5) is 5.69 Å². The number of carbonyl (C=O) groups is 2. The Bertz CT molecular complexity index is 643. The van der Waals surface area contributed by atoms with Gasteiger partial charge in [0.05, 0.1) is 42.3 Å². The molecule has 0 saturated carbocycles. The number of nitrogens with one attached hydrogen (secondary N) is 1. The third-order valence-electron chi connectivity index (χ3n) is 2.93. The molecular weight excluding hydrogens is 262 g/mol. The fraction of sp³-hybridized carbons (Fsp3) is 0.333. The zero-order valence-corrected chi connectivity index (χ0v) is 11.2. The molecule has 8 heteroatoms. The van der Waals surface area contributed by atoms with Gasteiger partial charge in [-0.3, -0.25) is 19.0 Å². The number of carboxylic acid groups (broad SMARTS) is 1. The van der Waals surface area contributed by atoms with Gasteiger partial charge in [-0.1, -0.05) is 0 Å². The number of rotatable bonds is 5. The first-order valence-electron chi connectivity index (χ1n) is 6.01. The van der Waals surface area contributed by atoms with Gasteiger partial charge in [0.1, 0.15) is 0 Å². The molecule has 2 heterocycles. The lowest BCUT2D eigenvalue weighted by Crippen LogP contribution is -2.12. The summed E-state index contributed by atoms with van der Waals surface area (Å²) in [5.74, 6) is -1.21. The van der Waals surface area contributed by atoms with E-state index in [0.717, 1.165) is 5.69 Å². The Morgan fingerprint density at radius 2 is 2.10 bits per heavy atom. The average Bonchev–Trinajstić information content (AvgIpc) is 2.98. The number of amides is 1. The molecule has 0 aromatic carbocycles. The summed E-state index contributed by atoms with van der Waals surface area (Å²) in [6, 6.07) is 0. The molecular formula is C12H15N5O3. The van der Waals surface area contributed by atoms with E-state index in [9.17, 15) is 9.59 Å². The van der Waals surface area contributed by atoms with Crippen LogP contribution in [-0.2, 0) is 18.4 Å². The maximum absolute atomic E-state index is 12.0. The van der Waals surface area contributed by atoms with Crippen molar-refractivity contribution in [2.75, 3.05) is 5.32 Å². The van der Waals surface area contributed by atoms with Gasteiger partial charge in [-0.15, -0.1) is 0 Å². The zero-order chi connectivity index (χ0) is 14.7. The van der Waals surface area contributed by atoms with Crippen LogP contribution in [0, 0.1) is 6.92 Å². The van der Waals surface area contributed by atoms with Crippen LogP contribution < -0.4 is 5.32 Å². The summed E-state index contributed by atoms with van der Waals surface area (Å²) in [6.45, 7) is 2.08. The predicted octanol–water partition coefficient (Wildman–Crippen LogP) is 0.652. The molecule has 8 nitrogen and oxygen atoms in total. The quantitative estimate of drug-likeness (QED) is 0.835. The lowest BCUT2D eigenvalue weighted by molar-refractivity contribution is -0.137. The highest BCUT2D eigenvalue weighted by Gasteiger charge is 2.12. The summed E-state index contributed by atoms with van der Waals surface area (Å²) in [5, 5.41) is 19.3. The van der Waals surface area contributed by atoms with Crippen LogP contribution in [-0.4, -0.2) is 36.5 Å². The van der Waals surface area contributed by atoms with Crippen LogP contribution in [0.5, 0.6) is 0 Å². The lowest BCUT2D eigenvalue weighted by atomic mass is 10.3. The molecule has 1 amide bonds. The summed E-state index contributed by atoms with van der Waals surface area (Å²) in [5.41, 5.74) is 1.85. The monoisotopic (exact) mass is 277 g/mol.